The highest BCUT2D eigenvalue weighted by atomic mass is 32.2. The van der Waals surface area contributed by atoms with Crippen LogP contribution in [-0.4, -0.2) is 19.7 Å². The van der Waals surface area contributed by atoms with Gasteiger partial charge < -0.3 is 4.18 Å². The molecular weight excluding hydrogens is 357 g/mol. The highest BCUT2D eigenvalue weighted by Gasteiger charge is 2.57. The minimum absolute atomic E-state index is 0.0348. The van der Waals surface area contributed by atoms with E-state index >= 15 is 0 Å². The Hall–Kier alpha value is -1.57. The van der Waals surface area contributed by atoms with Gasteiger partial charge in [-0.1, -0.05) is 27.2 Å². The first kappa shape index (κ1) is 18.2. The second-order valence-electron chi connectivity index (χ2n) is 7.75. The summed E-state index contributed by atoms with van der Waals surface area (Å²) < 4.78 is 64.3. The molecule has 1 aromatic rings. The smallest absolute Gasteiger partial charge is 0.376 e. The average Bonchev–Trinajstić information content (AvgIpc) is 2.66. The summed E-state index contributed by atoms with van der Waals surface area (Å²) in [4.78, 5) is 12.9. The first-order chi connectivity index (χ1) is 11.3. The molecule has 3 rings (SSSR count). The Labute approximate surface area is 144 Å². The van der Waals surface area contributed by atoms with Gasteiger partial charge in [0, 0.05) is 16.9 Å². The molecule has 0 radical (unpaired) electrons. The Kier molecular flexibility index (Phi) is 3.80. The van der Waals surface area contributed by atoms with Crippen LogP contribution in [0.15, 0.2) is 18.2 Å². The predicted octanol–water partition coefficient (Wildman–Crippen LogP) is 4.20. The third-order valence-corrected chi connectivity index (χ3v) is 6.54. The number of rotatable bonds is 2. The summed E-state index contributed by atoms with van der Waals surface area (Å²) in [6, 6.07) is 3.75. The molecule has 0 amide bonds. The minimum atomic E-state index is -5.74. The van der Waals surface area contributed by atoms with Crippen LogP contribution < -0.4 is 4.18 Å². The van der Waals surface area contributed by atoms with E-state index in [0.29, 0.717) is 11.1 Å². The molecule has 0 aromatic heterocycles. The molecule has 0 bridgehead atoms. The van der Waals surface area contributed by atoms with Crippen molar-refractivity contribution in [2.45, 2.75) is 51.0 Å². The van der Waals surface area contributed by atoms with E-state index in [0.717, 1.165) is 25.3 Å². The van der Waals surface area contributed by atoms with Gasteiger partial charge in [-0.15, -0.1) is 0 Å². The highest BCUT2D eigenvalue weighted by molar-refractivity contribution is 7.88. The summed E-state index contributed by atoms with van der Waals surface area (Å²) in [6.07, 6.45) is 2.49. The molecule has 138 valence electrons. The average molecular weight is 376 g/mol. The predicted molar refractivity (Wildman–Crippen MR) is 84.8 cm³/mol. The van der Waals surface area contributed by atoms with Gasteiger partial charge in [-0.25, -0.2) is 0 Å². The minimum Gasteiger partial charge on any atom is -0.376 e. The van der Waals surface area contributed by atoms with Gasteiger partial charge in [0.05, 0.1) is 0 Å². The number of benzene rings is 1. The van der Waals surface area contributed by atoms with Crippen molar-refractivity contribution < 1.29 is 30.6 Å². The topological polar surface area (TPSA) is 60.4 Å². The summed E-state index contributed by atoms with van der Waals surface area (Å²) in [5.41, 5.74) is -5.25. The molecule has 4 nitrogen and oxygen atoms in total. The van der Waals surface area contributed by atoms with E-state index in [1.54, 1.807) is 0 Å². The van der Waals surface area contributed by atoms with Crippen LogP contribution in [-0.2, 0) is 15.5 Å². The molecule has 25 heavy (non-hydrogen) atoms. The van der Waals surface area contributed by atoms with E-state index in [4.69, 9.17) is 0 Å². The zero-order chi connectivity index (χ0) is 18.8. The van der Waals surface area contributed by atoms with Crippen LogP contribution >= 0.6 is 0 Å². The van der Waals surface area contributed by atoms with E-state index in [9.17, 15) is 26.4 Å². The van der Waals surface area contributed by atoms with E-state index < -0.39 is 26.8 Å². The zero-order valence-electron chi connectivity index (χ0n) is 14.1. The van der Waals surface area contributed by atoms with Crippen molar-refractivity contribution in [1.82, 2.24) is 0 Å². The van der Waals surface area contributed by atoms with E-state index in [1.165, 1.54) is 12.1 Å². The maximum absolute atomic E-state index is 12.9. The third kappa shape index (κ3) is 2.65. The lowest BCUT2D eigenvalue weighted by Crippen LogP contribution is -2.44. The second-order valence-corrected chi connectivity index (χ2v) is 9.29. The highest BCUT2D eigenvalue weighted by Crippen LogP contribution is 2.58. The van der Waals surface area contributed by atoms with E-state index in [1.807, 2.05) is 20.8 Å². The van der Waals surface area contributed by atoms with Crippen molar-refractivity contribution in [3.8, 4) is 5.75 Å². The van der Waals surface area contributed by atoms with Gasteiger partial charge in [0.25, 0.3) is 0 Å². The number of hydrogen-bond acceptors (Lipinski definition) is 4. The molecule has 1 aromatic carbocycles. The van der Waals surface area contributed by atoms with Crippen LogP contribution in [0.5, 0.6) is 5.75 Å². The first-order valence-electron chi connectivity index (χ1n) is 7.99. The first-order valence-corrected chi connectivity index (χ1v) is 9.40. The SMILES string of the molecule is CC1(C)CCC[C@@]2(C)c3cc(OS(=O)(=O)C(F)(F)F)ccc3C(=O)[C@@H]12. The van der Waals surface area contributed by atoms with Crippen LogP contribution in [0.1, 0.15) is 56.0 Å². The van der Waals surface area contributed by atoms with Crippen LogP contribution in [0.3, 0.4) is 0 Å². The number of carbonyl (C=O) groups excluding carboxylic acids is 1. The Morgan fingerprint density at radius 1 is 1.16 bits per heavy atom. The molecule has 1 fully saturated rings. The summed E-state index contributed by atoms with van der Waals surface area (Å²) >= 11 is 0. The number of carbonyl (C=O) groups is 1. The van der Waals surface area contributed by atoms with Crippen molar-refractivity contribution in [1.29, 1.82) is 0 Å². The normalized spacial score (nSPS) is 28.4. The van der Waals surface area contributed by atoms with Crippen molar-refractivity contribution in [2.75, 3.05) is 0 Å². The maximum atomic E-state index is 12.9. The number of hydrogen-bond donors (Lipinski definition) is 0. The molecule has 2 aliphatic rings. The van der Waals surface area contributed by atoms with Crippen LogP contribution in [0.4, 0.5) is 13.2 Å². The van der Waals surface area contributed by atoms with E-state index in [2.05, 4.69) is 4.18 Å². The number of Topliss-reactive ketones (excluding diaryl/α,β-unsaturated/α-hetero) is 1. The molecule has 1 saturated carbocycles. The molecule has 0 N–H and O–H groups in total. The van der Waals surface area contributed by atoms with Crippen molar-refractivity contribution in [3.05, 3.63) is 29.3 Å². The lowest BCUT2D eigenvalue weighted by molar-refractivity contribution is -0.0500. The largest absolute Gasteiger partial charge is 0.534 e. The fourth-order valence-corrected chi connectivity index (χ4v) is 5.04. The third-order valence-electron chi connectivity index (χ3n) is 5.56. The lowest BCUT2D eigenvalue weighted by Gasteiger charge is -2.46. The fourth-order valence-electron chi connectivity index (χ4n) is 4.59. The quantitative estimate of drug-likeness (QED) is 0.573. The standard InChI is InChI=1S/C17H19F3O4S/c1-15(2)7-4-8-16(3)12-9-10(24-25(22,23)17(18,19)20)5-6-11(12)13(21)14(15)16/h5-6,9,14H,4,7-8H2,1-3H3/t14-,16-/m0/s1. The van der Waals surface area contributed by atoms with Gasteiger partial charge in [-0.2, -0.15) is 21.6 Å². The summed E-state index contributed by atoms with van der Waals surface area (Å²) in [6.45, 7) is 5.96. The molecular formula is C17H19F3O4S. The van der Waals surface area contributed by atoms with Crippen LogP contribution in [0, 0.1) is 11.3 Å². The van der Waals surface area contributed by atoms with Crippen LogP contribution in [0.2, 0.25) is 0 Å². The number of alkyl halides is 3. The summed E-state index contributed by atoms with van der Waals surface area (Å²) in [7, 11) is -5.74. The van der Waals surface area contributed by atoms with Crippen molar-refractivity contribution in [2.24, 2.45) is 11.3 Å². The Bertz CT molecular complexity index is 842. The number of ketones is 1. The molecule has 8 heteroatoms. The molecule has 0 unspecified atom stereocenters. The monoisotopic (exact) mass is 376 g/mol. The Balaban J connectivity index is 2.06. The molecule has 0 saturated heterocycles. The number of fused-ring (bicyclic) bond motifs is 3. The fraction of sp³-hybridized carbons (Fsp3) is 0.588. The van der Waals surface area contributed by atoms with Crippen molar-refractivity contribution >= 4 is 15.9 Å². The van der Waals surface area contributed by atoms with Gasteiger partial charge >= 0.3 is 15.6 Å². The van der Waals surface area contributed by atoms with Gasteiger partial charge in [-0.3, -0.25) is 4.79 Å². The summed E-state index contributed by atoms with van der Waals surface area (Å²) in [5.74, 6) is -0.736. The molecule has 0 heterocycles. The molecule has 2 atom stereocenters. The Morgan fingerprint density at radius 2 is 1.80 bits per heavy atom. The molecule has 2 aliphatic carbocycles. The maximum Gasteiger partial charge on any atom is 0.534 e. The van der Waals surface area contributed by atoms with Crippen LogP contribution in [0.25, 0.3) is 0 Å². The van der Waals surface area contributed by atoms with Gasteiger partial charge in [0.2, 0.25) is 0 Å². The summed E-state index contributed by atoms with van der Waals surface area (Å²) in [5, 5.41) is 0. The Morgan fingerprint density at radius 3 is 2.40 bits per heavy atom. The molecule has 0 aliphatic heterocycles. The zero-order valence-corrected chi connectivity index (χ0v) is 14.9. The van der Waals surface area contributed by atoms with Gasteiger partial charge in [0.1, 0.15) is 5.75 Å². The lowest BCUT2D eigenvalue weighted by atomic mass is 9.56. The van der Waals surface area contributed by atoms with Crippen molar-refractivity contribution in [3.63, 3.8) is 0 Å². The second kappa shape index (κ2) is 5.22. The van der Waals surface area contributed by atoms with E-state index in [-0.39, 0.29) is 17.1 Å². The van der Waals surface area contributed by atoms with Gasteiger partial charge in [-0.05, 0) is 42.0 Å². The number of halogens is 3. The molecule has 0 spiro atoms. The van der Waals surface area contributed by atoms with Gasteiger partial charge in [0.15, 0.2) is 5.78 Å².